The average molecular weight is 409 g/mol. The van der Waals surface area contributed by atoms with Crippen molar-refractivity contribution >= 4 is 14.1 Å². The molecule has 162 valence electrons. The number of hydrogen-bond acceptors (Lipinski definition) is 3. The summed E-state index contributed by atoms with van der Waals surface area (Å²) in [6.45, 7) is 17.2. The molecule has 0 N–H and O–H groups in total. The Labute approximate surface area is 174 Å². The first-order valence-electron chi connectivity index (χ1n) is 11.5. The van der Waals surface area contributed by atoms with Gasteiger partial charge in [0.25, 0.3) is 0 Å². The van der Waals surface area contributed by atoms with Crippen LogP contribution in [0.1, 0.15) is 72.6 Å². The van der Waals surface area contributed by atoms with Crippen LogP contribution < -0.4 is 0 Å². The zero-order valence-corrected chi connectivity index (χ0v) is 20.5. The Hall–Kier alpha value is -0.453. The molecule has 0 aromatic rings. The lowest BCUT2D eigenvalue weighted by atomic mass is 9.62. The molecule has 0 amide bonds. The van der Waals surface area contributed by atoms with Crippen LogP contribution in [0, 0.1) is 23.2 Å². The van der Waals surface area contributed by atoms with Crippen molar-refractivity contribution in [3.63, 3.8) is 0 Å². The van der Waals surface area contributed by atoms with Crippen molar-refractivity contribution in [3.8, 4) is 0 Å². The molecule has 2 saturated carbocycles. The zero-order chi connectivity index (χ0) is 21.0. The fraction of sp³-hybridized carbons (Fsp3) is 0.875. The van der Waals surface area contributed by atoms with E-state index in [1.807, 2.05) is 0 Å². The van der Waals surface area contributed by atoms with Gasteiger partial charge in [0.15, 0.2) is 8.32 Å². The highest BCUT2D eigenvalue weighted by Crippen LogP contribution is 2.56. The molecular formula is C24H44O3Si. The van der Waals surface area contributed by atoms with Gasteiger partial charge in [-0.3, -0.25) is 4.79 Å². The van der Waals surface area contributed by atoms with Crippen molar-refractivity contribution in [1.82, 2.24) is 0 Å². The SMILES string of the molecule is CCC(CC)(COC/C=C/C(C)[C@H]1CC[C@H]2C(=O)CCC[C@]12C)O[Si](C)(C)C. The van der Waals surface area contributed by atoms with E-state index < -0.39 is 8.32 Å². The molecule has 0 heterocycles. The first-order valence-corrected chi connectivity index (χ1v) is 14.9. The van der Waals surface area contributed by atoms with Crippen molar-refractivity contribution in [2.45, 2.75) is 97.9 Å². The third-order valence-corrected chi connectivity index (χ3v) is 8.45. The number of Topliss-reactive ketones (excluding diaryl/α,β-unsaturated/α-hetero) is 1. The predicted octanol–water partition coefficient (Wildman–Crippen LogP) is 6.39. The topological polar surface area (TPSA) is 35.5 Å². The minimum absolute atomic E-state index is 0.140. The van der Waals surface area contributed by atoms with Gasteiger partial charge in [-0.05, 0) is 75.4 Å². The maximum atomic E-state index is 12.4. The molecule has 2 aliphatic carbocycles. The summed E-state index contributed by atoms with van der Waals surface area (Å²) < 4.78 is 12.5. The normalized spacial score (nSPS) is 30.0. The molecule has 0 aromatic carbocycles. The highest BCUT2D eigenvalue weighted by atomic mass is 28.4. The number of fused-ring (bicyclic) bond motifs is 1. The second-order valence-electron chi connectivity index (χ2n) is 10.5. The summed E-state index contributed by atoms with van der Waals surface area (Å²) in [6, 6.07) is 0. The highest BCUT2D eigenvalue weighted by Gasteiger charge is 2.51. The summed E-state index contributed by atoms with van der Waals surface area (Å²) in [6.07, 6.45) is 11.9. The van der Waals surface area contributed by atoms with Gasteiger partial charge in [-0.25, -0.2) is 0 Å². The molecule has 0 bridgehead atoms. The van der Waals surface area contributed by atoms with E-state index in [0.717, 1.165) is 32.1 Å². The summed E-state index contributed by atoms with van der Waals surface area (Å²) in [5.74, 6) is 1.96. The third-order valence-electron chi connectivity index (χ3n) is 7.40. The standard InChI is InChI=1S/C24H44O3Si/c1-8-24(9-2,27-28(5,6)7)18-26-17-11-12-19(3)20-14-15-21-22(25)13-10-16-23(20,21)4/h11-12,19-21H,8-10,13-18H2,1-7H3/b12-11+/t19?,20-,21+,23-/m1/s1. The molecule has 0 aliphatic heterocycles. The van der Waals surface area contributed by atoms with Gasteiger partial charge >= 0.3 is 0 Å². The predicted molar refractivity (Wildman–Crippen MR) is 120 cm³/mol. The minimum atomic E-state index is -1.60. The zero-order valence-electron chi connectivity index (χ0n) is 19.5. The first-order chi connectivity index (χ1) is 13.1. The van der Waals surface area contributed by atoms with Gasteiger partial charge in [-0.2, -0.15) is 0 Å². The molecule has 2 aliphatic rings. The molecule has 4 heteroatoms. The number of ether oxygens (including phenoxy) is 1. The van der Waals surface area contributed by atoms with Gasteiger partial charge in [0.2, 0.25) is 0 Å². The maximum Gasteiger partial charge on any atom is 0.184 e. The molecule has 1 unspecified atom stereocenters. The highest BCUT2D eigenvalue weighted by molar-refractivity contribution is 6.69. The lowest BCUT2D eigenvalue weighted by Crippen LogP contribution is -2.45. The van der Waals surface area contributed by atoms with Crippen LogP contribution in [0.3, 0.4) is 0 Å². The van der Waals surface area contributed by atoms with E-state index in [0.29, 0.717) is 36.8 Å². The number of allylic oxidation sites excluding steroid dienone is 1. The van der Waals surface area contributed by atoms with E-state index in [2.05, 4.69) is 59.5 Å². The summed E-state index contributed by atoms with van der Waals surface area (Å²) in [7, 11) is -1.60. The van der Waals surface area contributed by atoms with Crippen molar-refractivity contribution in [2.24, 2.45) is 23.2 Å². The number of carbonyl (C=O) groups excluding carboxylic acids is 1. The molecule has 28 heavy (non-hydrogen) atoms. The second kappa shape index (κ2) is 9.57. The smallest absolute Gasteiger partial charge is 0.184 e. The molecule has 2 fully saturated rings. The fourth-order valence-corrected chi connectivity index (χ4v) is 7.48. The Morgan fingerprint density at radius 1 is 1.25 bits per heavy atom. The summed E-state index contributed by atoms with van der Waals surface area (Å²) in [4.78, 5) is 12.4. The Bertz CT molecular complexity index is 547. The van der Waals surface area contributed by atoms with Gasteiger partial charge in [0.1, 0.15) is 5.78 Å². The summed E-state index contributed by atoms with van der Waals surface area (Å²) in [5, 5.41) is 0. The Morgan fingerprint density at radius 3 is 2.54 bits per heavy atom. The number of rotatable bonds is 10. The molecule has 0 aromatic heterocycles. The largest absolute Gasteiger partial charge is 0.410 e. The summed E-state index contributed by atoms with van der Waals surface area (Å²) >= 11 is 0. The lowest BCUT2D eigenvalue weighted by Gasteiger charge is -2.41. The average Bonchev–Trinajstić information content (AvgIpc) is 2.97. The van der Waals surface area contributed by atoms with Gasteiger partial charge in [0, 0.05) is 12.3 Å². The third kappa shape index (κ3) is 5.57. The van der Waals surface area contributed by atoms with E-state index >= 15 is 0 Å². The van der Waals surface area contributed by atoms with E-state index in [1.165, 1.54) is 12.8 Å². The van der Waals surface area contributed by atoms with Crippen molar-refractivity contribution in [2.75, 3.05) is 13.2 Å². The van der Waals surface area contributed by atoms with Gasteiger partial charge in [0.05, 0.1) is 18.8 Å². The van der Waals surface area contributed by atoms with Crippen LogP contribution in [0.4, 0.5) is 0 Å². The minimum Gasteiger partial charge on any atom is -0.410 e. The Kier molecular flexibility index (Phi) is 8.14. The quantitative estimate of drug-likeness (QED) is 0.239. The molecule has 4 atom stereocenters. The molecule has 0 saturated heterocycles. The van der Waals surface area contributed by atoms with Gasteiger partial charge in [-0.15, -0.1) is 0 Å². The van der Waals surface area contributed by atoms with E-state index in [9.17, 15) is 4.79 Å². The van der Waals surface area contributed by atoms with Crippen molar-refractivity contribution < 1.29 is 14.0 Å². The lowest BCUT2D eigenvalue weighted by molar-refractivity contribution is -0.129. The van der Waals surface area contributed by atoms with Crippen LogP contribution in [0.25, 0.3) is 0 Å². The van der Waals surface area contributed by atoms with Crippen LogP contribution >= 0.6 is 0 Å². The Balaban J connectivity index is 1.86. The van der Waals surface area contributed by atoms with Crippen molar-refractivity contribution in [3.05, 3.63) is 12.2 Å². The Morgan fingerprint density at radius 2 is 1.93 bits per heavy atom. The van der Waals surface area contributed by atoms with E-state index in [4.69, 9.17) is 9.16 Å². The van der Waals surface area contributed by atoms with Crippen LogP contribution in [0.2, 0.25) is 19.6 Å². The van der Waals surface area contributed by atoms with Crippen LogP contribution in [-0.2, 0) is 14.0 Å². The van der Waals surface area contributed by atoms with Crippen LogP contribution in [0.5, 0.6) is 0 Å². The number of ketones is 1. The van der Waals surface area contributed by atoms with Crippen LogP contribution in [-0.4, -0.2) is 32.9 Å². The molecule has 3 nitrogen and oxygen atoms in total. The number of carbonyl (C=O) groups is 1. The van der Waals surface area contributed by atoms with E-state index in [1.54, 1.807) is 0 Å². The summed E-state index contributed by atoms with van der Waals surface area (Å²) in [5.41, 5.74) is 0.0727. The molecule has 0 spiro atoms. The monoisotopic (exact) mass is 408 g/mol. The molecular weight excluding hydrogens is 364 g/mol. The number of hydrogen-bond donors (Lipinski definition) is 0. The van der Waals surface area contributed by atoms with Gasteiger partial charge in [-0.1, -0.05) is 39.8 Å². The van der Waals surface area contributed by atoms with Crippen LogP contribution in [0.15, 0.2) is 12.2 Å². The van der Waals surface area contributed by atoms with Gasteiger partial charge < -0.3 is 9.16 Å². The second-order valence-corrected chi connectivity index (χ2v) is 14.9. The maximum absolute atomic E-state index is 12.4. The molecule has 2 rings (SSSR count). The van der Waals surface area contributed by atoms with E-state index in [-0.39, 0.29) is 11.0 Å². The fourth-order valence-electron chi connectivity index (χ4n) is 5.83. The molecule has 0 radical (unpaired) electrons. The first kappa shape index (κ1) is 23.8. The van der Waals surface area contributed by atoms with Crippen molar-refractivity contribution in [1.29, 1.82) is 0 Å².